The van der Waals surface area contributed by atoms with Crippen LogP contribution in [0.15, 0.2) is 30.3 Å². The molecule has 0 radical (unpaired) electrons. The van der Waals surface area contributed by atoms with Gasteiger partial charge in [0.2, 0.25) is 0 Å². The first-order valence-corrected chi connectivity index (χ1v) is 8.02. The van der Waals surface area contributed by atoms with Gasteiger partial charge in [0.05, 0.1) is 4.87 Å². The molecule has 0 amide bonds. The van der Waals surface area contributed by atoms with Crippen molar-refractivity contribution in [1.29, 1.82) is 0 Å². The smallest absolute Gasteiger partial charge is 0.321 e. The zero-order chi connectivity index (χ0) is 14.2. The highest BCUT2D eigenvalue weighted by Crippen LogP contribution is 2.43. The van der Waals surface area contributed by atoms with Crippen LogP contribution in [0.25, 0.3) is 0 Å². The molecule has 1 aromatic rings. The molecular formula is C15H20N2O2S. The van der Waals surface area contributed by atoms with E-state index in [1.54, 1.807) is 11.8 Å². The second kappa shape index (κ2) is 5.39. The molecule has 2 aliphatic heterocycles. The van der Waals surface area contributed by atoms with Crippen LogP contribution in [0.2, 0.25) is 0 Å². The number of carboxylic acids is 1. The van der Waals surface area contributed by atoms with Crippen molar-refractivity contribution in [2.45, 2.75) is 36.8 Å². The summed E-state index contributed by atoms with van der Waals surface area (Å²) in [7, 11) is 0. The normalized spacial score (nSPS) is 33.9. The highest BCUT2D eigenvalue weighted by atomic mass is 32.2. The van der Waals surface area contributed by atoms with E-state index in [4.69, 9.17) is 5.11 Å². The molecule has 0 bridgehead atoms. The Bertz CT molecular complexity index is 496. The van der Waals surface area contributed by atoms with E-state index in [9.17, 15) is 4.79 Å². The predicted octanol–water partition coefficient (Wildman–Crippen LogP) is 1.77. The summed E-state index contributed by atoms with van der Waals surface area (Å²) < 4.78 is 0. The van der Waals surface area contributed by atoms with Crippen LogP contribution in [-0.4, -0.2) is 45.2 Å². The Kier molecular flexibility index (Phi) is 3.75. The summed E-state index contributed by atoms with van der Waals surface area (Å²) >= 11 is 1.78. The van der Waals surface area contributed by atoms with Gasteiger partial charge in [-0.05, 0) is 18.9 Å². The van der Waals surface area contributed by atoms with Crippen LogP contribution in [0.3, 0.4) is 0 Å². The van der Waals surface area contributed by atoms with E-state index in [1.165, 1.54) is 5.56 Å². The first-order valence-electron chi connectivity index (χ1n) is 7.03. The fourth-order valence-corrected chi connectivity index (χ4v) is 4.71. The summed E-state index contributed by atoms with van der Waals surface area (Å²) in [5, 5.41) is 12.5. The second-order valence-corrected chi connectivity index (χ2v) is 6.97. The average molecular weight is 292 g/mol. The lowest BCUT2D eigenvalue weighted by molar-refractivity contribution is -0.138. The van der Waals surface area contributed by atoms with Crippen molar-refractivity contribution < 1.29 is 9.90 Å². The molecule has 1 spiro atoms. The van der Waals surface area contributed by atoms with Crippen LogP contribution in [0.1, 0.15) is 18.9 Å². The molecule has 0 aromatic heterocycles. The van der Waals surface area contributed by atoms with Crippen LogP contribution in [0.4, 0.5) is 0 Å². The van der Waals surface area contributed by atoms with E-state index in [-0.39, 0.29) is 4.87 Å². The monoisotopic (exact) mass is 292 g/mol. The number of likely N-dealkylation sites (tertiary alicyclic amines) is 1. The van der Waals surface area contributed by atoms with Gasteiger partial charge in [0.1, 0.15) is 6.04 Å². The van der Waals surface area contributed by atoms with Crippen molar-refractivity contribution >= 4 is 17.7 Å². The van der Waals surface area contributed by atoms with Crippen molar-refractivity contribution in [2.75, 3.05) is 12.3 Å². The first kappa shape index (κ1) is 13.9. The molecule has 2 fully saturated rings. The van der Waals surface area contributed by atoms with Gasteiger partial charge in [0.25, 0.3) is 0 Å². The third-order valence-corrected chi connectivity index (χ3v) is 6.12. The van der Waals surface area contributed by atoms with Crippen LogP contribution in [0.5, 0.6) is 0 Å². The van der Waals surface area contributed by atoms with Gasteiger partial charge >= 0.3 is 5.97 Å². The lowest BCUT2D eigenvalue weighted by atomic mass is 10.1. The molecule has 2 N–H and O–H groups in total. The largest absolute Gasteiger partial charge is 0.480 e. The van der Waals surface area contributed by atoms with E-state index in [2.05, 4.69) is 41.4 Å². The zero-order valence-corrected chi connectivity index (χ0v) is 12.4. The zero-order valence-electron chi connectivity index (χ0n) is 11.6. The molecule has 2 heterocycles. The first-order chi connectivity index (χ1) is 9.61. The van der Waals surface area contributed by atoms with Crippen LogP contribution in [-0.2, 0) is 11.3 Å². The minimum absolute atomic E-state index is 0.0855. The van der Waals surface area contributed by atoms with Crippen molar-refractivity contribution in [3.8, 4) is 0 Å². The molecule has 5 heteroatoms. The third-order valence-electron chi connectivity index (χ3n) is 4.45. The minimum Gasteiger partial charge on any atom is -0.480 e. The van der Waals surface area contributed by atoms with Crippen molar-refractivity contribution in [1.82, 2.24) is 10.2 Å². The number of carboxylic acid groups (broad SMARTS) is 1. The summed E-state index contributed by atoms with van der Waals surface area (Å²) in [5.74, 6) is -0.0677. The van der Waals surface area contributed by atoms with E-state index in [1.807, 2.05) is 6.07 Å². The van der Waals surface area contributed by atoms with Gasteiger partial charge in [-0.1, -0.05) is 30.3 Å². The number of hydrogen-bond acceptors (Lipinski definition) is 4. The van der Waals surface area contributed by atoms with Crippen LogP contribution >= 0.6 is 11.8 Å². The Hall–Kier alpha value is -1.04. The molecule has 2 aliphatic rings. The Morgan fingerprint density at radius 1 is 1.50 bits per heavy atom. The minimum atomic E-state index is -0.733. The molecular weight excluding hydrogens is 272 g/mol. The van der Waals surface area contributed by atoms with Gasteiger partial charge in [-0.15, -0.1) is 11.8 Å². The number of rotatable bonds is 3. The molecule has 3 rings (SSSR count). The second-order valence-electron chi connectivity index (χ2n) is 5.62. The number of hydrogen-bond donors (Lipinski definition) is 2. The summed E-state index contributed by atoms with van der Waals surface area (Å²) in [5.41, 5.74) is 1.31. The molecule has 20 heavy (non-hydrogen) atoms. The molecule has 1 aromatic carbocycles. The Morgan fingerprint density at radius 2 is 2.25 bits per heavy atom. The van der Waals surface area contributed by atoms with Gasteiger partial charge < -0.3 is 5.11 Å². The highest BCUT2D eigenvalue weighted by molar-refractivity contribution is 8.01. The lowest BCUT2D eigenvalue weighted by Crippen LogP contribution is -2.51. The number of thioether (sulfide) groups is 1. The Labute approximate surface area is 123 Å². The maximum absolute atomic E-state index is 11.1. The SMILES string of the molecule is CC1N(Cc2ccccc2)CCC12N[C@@H](C(=O)O)CS2. The Balaban J connectivity index is 1.68. The van der Waals surface area contributed by atoms with Crippen molar-refractivity contribution in [2.24, 2.45) is 0 Å². The quantitative estimate of drug-likeness (QED) is 0.889. The number of aliphatic carboxylic acids is 1. The number of nitrogens with one attached hydrogen (secondary N) is 1. The third kappa shape index (κ3) is 2.45. The van der Waals surface area contributed by atoms with Gasteiger partial charge in [-0.3, -0.25) is 15.0 Å². The molecule has 2 saturated heterocycles. The Morgan fingerprint density at radius 3 is 2.90 bits per heavy atom. The van der Waals surface area contributed by atoms with Gasteiger partial charge in [0, 0.05) is 24.9 Å². The highest BCUT2D eigenvalue weighted by Gasteiger charge is 2.51. The number of nitrogens with zero attached hydrogens (tertiary/aromatic N) is 1. The molecule has 0 saturated carbocycles. The summed E-state index contributed by atoms with van der Waals surface area (Å²) in [4.78, 5) is 13.5. The average Bonchev–Trinajstić information content (AvgIpc) is 3.01. The summed E-state index contributed by atoms with van der Waals surface area (Å²) in [6, 6.07) is 10.4. The molecule has 108 valence electrons. The van der Waals surface area contributed by atoms with Crippen molar-refractivity contribution in [3.63, 3.8) is 0 Å². The lowest BCUT2D eigenvalue weighted by Gasteiger charge is -2.32. The maximum atomic E-state index is 11.1. The van der Waals surface area contributed by atoms with E-state index in [0.717, 1.165) is 19.5 Å². The fourth-order valence-electron chi connectivity index (χ4n) is 3.17. The molecule has 0 aliphatic carbocycles. The molecule has 4 nitrogen and oxygen atoms in total. The van der Waals surface area contributed by atoms with E-state index < -0.39 is 12.0 Å². The summed E-state index contributed by atoms with van der Waals surface area (Å²) in [6.45, 7) is 4.16. The fraction of sp³-hybridized carbons (Fsp3) is 0.533. The van der Waals surface area contributed by atoms with Gasteiger partial charge in [-0.25, -0.2) is 0 Å². The van der Waals surface area contributed by atoms with Crippen LogP contribution < -0.4 is 5.32 Å². The predicted molar refractivity (Wildman–Crippen MR) is 80.7 cm³/mol. The van der Waals surface area contributed by atoms with Crippen LogP contribution in [0, 0.1) is 0 Å². The van der Waals surface area contributed by atoms with Crippen molar-refractivity contribution in [3.05, 3.63) is 35.9 Å². The maximum Gasteiger partial charge on any atom is 0.321 e. The van der Waals surface area contributed by atoms with Gasteiger partial charge in [0.15, 0.2) is 0 Å². The topological polar surface area (TPSA) is 52.6 Å². The number of carbonyl (C=O) groups is 1. The van der Waals surface area contributed by atoms with Gasteiger partial charge in [-0.2, -0.15) is 0 Å². The number of benzene rings is 1. The molecule has 2 unspecified atom stereocenters. The standard InChI is InChI=1S/C15H20N2O2S/c1-11-15(16-13(10-20-15)14(18)19)7-8-17(11)9-12-5-3-2-4-6-12/h2-6,11,13,16H,7-10H2,1H3,(H,18,19)/t11?,13-,15?/m1/s1. The summed E-state index contributed by atoms with van der Waals surface area (Å²) in [6.07, 6.45) is 1.01. The molecule has 3 atom stereocenters. The van der Waals surface area contributed by atoms with E-state index >= 15 is 0 Å². The van der Waals surface area contributed by atoms with E-state index in [0.29, 0.717) is 11.8 Å².